The van der Waals surface area contributed by atoms with Gasteiger partial charge in [0.05, 0.1) is 6.20 Å². The largest absolute Gasteiger partial charge is 0.360 e. The lowest BCUT2D eigenvalue weighted by atomic mass is 10.3. The zero-order chi connectivity index (χ0) is 16.9. The second-order valence-corrected chi connectivity index (χ2v) is 5.00. The minimum absolute atomic E-state index is 0.120. The minimum Gasteiger partial charge on any atom is -0.360 e. The van der Waals surface area contributed by atoms with Crippen molar-refractivity contribution < 1.29 is 9.32 Å². The van der Waals surface area contributed by atoms with Gasteiger partial charge in [0.15, 0.2) is 11.6 Å². The highest BCUT2D eigenvalue weighted by molar-refractivity contribution is 5.88. The van der Waals surface area contributed by atoms with Gasteiger partial charge < -0.3 is 20.5 Å². The van der Waals surface area contributed by atoms with E-state index < -0.39 is 0 Å². The number of benzene rings is 1. The van der Waals surface area contributed by atoms with E-state index >= 15 is 0 Å². The lowest BCUT2D eigenvalue weighted by Crippen LogP contribution is -2.06. The smallest absolute Gasteiger partial charge is 0.249 e. The molecule has 9 heteroatoms. The summed E-state index contributed by atoms with van der Waals surface area (Å²) in [5, 5.41) is 20.4. The first-order chi connectivity index (χ1) is 11.6. The molecule has 0 saturated heterocycles. The molecular weight excluding hydrogens is 310 g/mol. The van der Waals surface area contributed by atoms with E-state index in [0.29, 0.717) is 29.0 Å². The normalized spacial score (nSPS) is 10.2. The zero-order valence-electron chi connectivity index (χ0n) is 13.1. The molecule has 1 aromatic carbocycles. The molecule has 2 aromatic heterocycles. The van der Waals surface area contributed by atoms with Crippen LogP contribution in [-0.2, 0) is 4.79 Å². The number of amides is 1. The minimum atomic E-state index is -0.120. The summed E-state index contributed by atoms with van der Waals surface area (Å²) in [6, 6.07) is 8.90. The maximum atomic E-state index is 11.0. The molecule has 122 valence electrons. The number of aryl methyl sites for hydroxylation is 1. The van der Waals surface area contributed by atoms with Gasteiger partial charge in [-0.25, -0.2) is 0 Å². The summed E-state index contributed by atoms with van der Waals surface area (Å²) in [4.78, 5) is 15.3. The van der Waals surface area contributed by atoms with Gasteiger partial charge in [0.25, 0.3) is 0 Å². The van der Waals surface area contributed by atoms with E-state index in [4.69, 9.17) is 4.52 Å². The topological polar surface area (TPSA) is 118 Å². The zero-order valence-corrected chi connectivity index (χ0v) is 13.1. The monoisotopic (exact) mass is 325 g/mol. The second-order valence-electron chi connectivity index (χ2n) is 5.00. The third-order valence-electron chi connectivity index (χ3n) is 2.90. The Balaban J connectivity index is 1.69. The maximum Gasteiger partial charge on any atom is 0.249 e. The van der Waals surface area contributed by atoms with Crippen LogP contribution in [0.5, 0.6) is 0 Å². The molecular formula is C15H15N7O2. The maximum absolute atomic E-state index is 11.0. The SMILES string of the molecule is CC(=O)Nc1ccc(Nc2nncc(Nc3cc(C)on3)n2)cc1. The summed E-state index contributed by atoms with van der Waals surface area (Å²) in [5.41, 5.74) is 1.48. The van der Waals surface area contributed by atoms with E-state index in [0.717, 1.165) is 5.69 Å². The Bertz CT molecular complexity index is 845. The number of carbonyl (C=O) groups excluding carboxylic acids is 1. The van der Waals surface area contributed by atoms with Crippen molar-refractivity contribution in [2.24, 2.45) is 0 Å². The van der Waals surface area contributed by atoms with Gasteiger partial charge in [0.2, 0.25) is 11.9 Å². The van der Waals surface area contributed by atoms with E-state index in [-0.39, 0.29) is 5.91 Å². The Labute approximate surface area is 137 Å². The van der Waals surface area contributed by atoms with Crippen LogP contribution >= 0.6 is 0 Å². The second kappa shape index (κ2) is 6.73. The summed E-state index contributed by atoms with van der Waals surface area (Å²) >= 11 is 0. The molecule has 0 aliphatic rings. The quantitative estimate of drug-likeness (QED) is 0.655. The van der Waals surface area contributed by atoms with Crippen LogP contribution in [0, 0.1) is 6.92 Å². The molecule has 3 N–H and O–H groups in total. The highest BCUT2D eigenvalue weighted by Gasteiger charge is 2.05. The van der Waals surface area contributed by atoms with Crippen molar-refractivity contribution in [1.82, 2.24) is 20.3 Å². The molecule has 0 saturated carbocycles. The van der Waals surface area contributed by atoms with E-state index in [1.807, 2.05) is 0 Å². The Morgan fingerprint density at radius 2 is 1.83 bits per heavy atom. The third-order valence-corrected chi connectivity index (χ3v) is 2.90. The predicted molar refractivity (Wildman–Crippen MR) is 88.4 cm³/mol. The van der Waals surface area contributed by atoms with Crippen molar-refractivity contribution in [2.75, 3.05) is 16.0 Å². The molecule has 2 heterocycles. The van der Waals surface area contributed by atoms with Gasteiger partial charge in [-0.15, -0.1) is 5.10 Å². The van der Waals surface area contributed by atoms with E-state index in [9.17, 15) is 4.79 Å². The molecule has 0 atom stereocenters. The average Bonchev–Trinajstić information content (AvgIpc) is 2.94. The molecule has 0 aliphatic carbocycles. The number of nitrogens with one attached hydrogen (secondary N) is 3. The van der Waals surface area contributed by atoms with Gasteiger partial charge >= 0.3 is 0 Å². The summed E-state index contributed by atoms with van der Waals surface area (Å²) < 4.78 is 4.98. The van der Waals surface area contributed by atoms with Crippen LogP contribution in [0.4, 0.5) is 29.0 Å². The van der Waals surface area contributed by atoms with Gasteiger partial charge in [0, 0.05) is 24.4 Å². The van der Waals surface area contributed by atoms with E-state index in [1.54, 1.807) is 37.3 Å². The standard InChI is InChI=1S/C15H15N7O2/c1-9-7-13(22-24-9)19-14-8-16-21-15(20-14)18-12-5-3-11(4-6-12)17-10(2)23/h3-8H,1-2H3,(H,17,23)(H2,18,19,20,21,22). The van der Waals surface area contributed by atoms with Crippen molar-refractivity contribution in [1.29, 1.82) is 0 Å². The van der Waals surface area contributed by atoms with Crippen LogP contribution in [0.25, 0.3) is 0 Å². The molecule has 3 aromatic rings. The first kappa shape index (κ1) is 15.4. The highest BCUT2D eigenvalue weighted by Crippen LogP contribution is 2.18. The lowest BCUT2D eigenvalue weighted by Gasteiger charge is -2.07. The number of rotatable bonds is 5. The molecule has 0 spiro atoms. The van der Waals surface area contributed by atoms with Gasteiger partial charge in [-0.1, -0.05) is 5.16 Å². The Hall–Kier alpha value is -3.49. The fourth-order valence-electron chi connectivity index (χ4n) is 1.94. The van der Waals surface area contributed by atoms with Crippen LogP contribution in [0.3, 0.4) is 0 Å². The number of carbonyl (C=O) groups is 1. The van der Waals surface area contributed by atoms with Crippen molar-refractivity contribution in [3.63, 3.8) is 0 Å². The molecule has 0 unspecified atom stereocenters. The number of anilines is 5. The summed E-state index contributed by atoms with van der Waals surface area (Å²) in [5.74, 6) is 1.92. The molecule has 24 heavy (non-hydrogen) atoms. The molecule has 0 radical (unpaired) electrons. The molecule has 0 aliphatic heterocycles. The van der Waals surface area contributed by atoms with Crippen molar-refractivity contribution in [3.05, 3.63) is 42.3 Å². The fraction of sp³-hybridized carbons (Fsp3) is 0.133. The average molecular weight is 325 g/mol. The number of aromatic nitrogens is 4. The van der Waals surface area contributed by atoms with E-state index in [2.05, 4.69) is 36.3 Å². The number of nitrogens with zero attached hydrogens (tertiary/aromatic N) is 4. The first-order valence-corrected chi connectivity index (χ1v) is 7.13. The highest BCUT2D eigenvalue weighted by atomic mass is 16.5. The van der Waals surface area contributed by atoms with Crippen LogP contribution in [0.1, 0.15) is 12.7 Å². The van der Waals surface area contributed by atoms with Crippen molar-refractivity contribution in [3.8, 4) is 0 Å². The third kappa shape index (κ3) is 4.03. The fourth-order valence-corrected chi connectivity index (χ4v) is 1.94. The Morgan fingerprint density at radius 3 is 2.50 bits per heavy atom. The van der Waals surface area contributed by atoms with Crippen molar-refractivity contribution in [2.45, 2.75) is 13.8 Å². The molecule has 3 rings (SSSR count). The van der Waals surface area contributed by atoms with Gasteiger partial charge in [-0.3, -0.25) is 4.79 Å². The summed E-state index contributed by atoms with van der Waals surface area (Å²) in [7, 11) is 0. The van der Waals surface area contributed by atoms with Crippen molar-refractivity contribution >= 4 is 34.9 Å². The Morgan fingerprint density at radius 1 is 1.08 bits per heavy atom. The van der Waals surface area contributed by atoms with Crippen LogP contribution in [-0.4, -0.2) is 26.2 Å². The predicted octanol–water partition coefficient (Wildman–Crippen LogP) is 2.61. The van der Waals surface area contributed by atoms with Gasteiger partial charge in [-0.05, 0) is 31.2 Å². The summed E-state index contributed by atoms with van der Waals surface area (Å²) in [6.07, 6.45) is 1.48. The van der Waals surface area contributed by atoms with Crippen LogP contribution in [0.15, 0.2) is 41.1 Å². The van der Waals surface area contributed by atoms with Crippen LogP contribution in [0.2, 0.25) is 0 Å². The molecule has 0 bridgehead atoms. The van der Waals surface area contributed by atoms with Gasteiger partial charge in [-0.2, -0.15) is 10.1 Å². The molecule has 0 fully saturated rings. The number of hydrogen-bond acceptors (Lipinski definition) is 8. The molecule has 9 nitrogen and oxygen atoms in total. The lowest BCUT2D eigenvalue weighted by molar-refractivity contribution is -0.114. The van der Waals surface area contributed by atoms with Gasteiger partial charge in [0.1, 0.15) is 5.76 Å². The summed E-state index contributed by atoms with van der Waals surface area (Å²) in [6.45, 7) is 3.26. The van der Waals surface area contributed by atoms with E-state index in [1.165, 1.54) is 13.1 Å². The Kier molecular flexibility index (Phi) is 4.32. The first-order valence-electron chi connectivity index (χ1n) is 7.13. The van der Waals surface area contributed by atoms with Crippen LogP contribution < -0.4 is 16.0 Å². The molecule has 1 amide bonds. The number of hydrogen-bond donors (Lipinski definition) is 3.